The van der Waals surface area contributed by atoms with E-state index in [4.69, 9.17) is 0 Å². The third-order valence-electron chi connectivity index (χ3n) is 1.57. The zero-order valence-electron chi connectivity index (χ0n) is 5.84. The van der Waals surface area contributed by atoms with E-state index < -0.39 is 0 Å². The Morgan fingerprint density at radius 3 is 2.92 bits per heavy atom. The van der Waals surface area contributed by atoms with Crippen molar-refractivity contribution in [3.05, 3.63) is 25.6 Å². The monoisotopic (exact) mass is 370 g/mol. The maximum atomic E-state index is 4.30. The molecule has 0 N–H and O–H groups in total. The molecule has 2 rings (SSSR count). The average Bonchev–Trinajstić information content (AvgIpc) is 2.31. The molecule has 0 unspecified atom stereocenters. The van der Waals surface area contributed by atoms with Gasteiger partial charge in [-0.05, 0) is 56.7 Å². The van der Waals surface area contributed by atoms with Crippen molar-refractivity contribution in [2.24, 2.45) is 0 Å². The van der Waals surface area contributed by atoms with Crippen LogP contribution in [0.15, 0.2) is 26.9 Å². The number of benzene rings is 1. The molecule has 0 amide bonds. The van der Waals surface area contributed by atoms with Gasteiger partial charge < -0.3 is 0 Å². The Labute approximate surface area is 102 Å². The Kier molecular flexibility index (Phi) is 2.69. The van der Waals surface area contributed by atoms with Crippen LogP contribution in [0.1, 0.15) is 0 Å². The third kappa shape index (κ3) is 1.54. The van der Waals surface area contributed by atoms with E-state index in [9.17, 15) is 0 Å². The molecule has 1 heterocycles. The lowest BCUT2D eigenvalue weighted by molar-refractivity contribution is 1.54. The highest BCUT2D eigenvalue weighted by molar-refractivity contribution is 14.1. The van der Waals surface area contributed by atoms with Crippen LogP contribution in [-0.4, -0.2) is 0 Å². The van der Waals surface area contributed by atoms with Crippen molar-refractivity contribution in [3.63, 3.8) is 0 Å². The number of rotatable bonds is 0. The summed E-state index contributed by atoms with van der Waals surface area (Å²) in [4.78, 5) is 1.02. The van der Waals surface area contributed by atoms with E-state index in [0.29, 0.717) is 0 Å². The minimum Gasteiger partial charge on any atom is -0.143 e. The summed E-state index contributed by atoms with van der Waals surface area (Å²) >= 11 is 11.9. The number of hydrogen-bond acceptors (Lipinski definition) is 2. The standard InChI is InChI=1S/C8H4BrIS2/c9-8-7(10)5-3-4(11)1-2-6(5)12-8/h1-3,11H. The fraction of sp³-hybridized carbons (Fsp3) is 0. The first-order chi connectivity index (χ1) is 5.68. The molecule has 0 saturated carbocycles. The molecule has 62 valence electrons. The Balaban J connectivity index is 2.88. The van der Waals surface area contributed by atoms with Gasteiger partial charge in [-0.15, -0.1) is 24.0 Å². The van der Waals surface area contributed by atoms with Gasteiger partial charge in [0.25, 0.3) is 0 Å². The molecule has 0 fully saturated rings. The van der Waals surface area contributed by atoms with Gasteiger partial charge in [-0.25, -0.2) is 0 Å². The molecule has 0 spiro atoms. The highest BCUT2D eigenvalue weighted by atomic mass is 127. The van der Waals surface area contributed by atoms with Crippen molar-refractivity contribution in [2.75, 3.05) is 0 Å². The van der Waals surface area contributed by atoms with Gasteiger partial charge >= 0.3 is 0 Å². The first-order valence-electron chi connectivity index (χ1n) is 3.25. The predicted molar refractivity (Wildman–Crippen MR) is 69.5 cm³/mol. The molecule has 12 heavy (non-hydrogen) atoms. The first kappa shape index (κ1) is 9.30. The van der Waals surface area contributed by atoms with E-state index in [1.165, 1.54) is 17.4 Å². The minimum atomic E-state index is 1.02. The topological polar surface area (TPSA) is 0 Å². The van der Waals surface area contributed by atoms with Crippen LogP contribution < -0.4 is 0 Å². The molecule has 0 nitrogen and oxygen atoms in total. The number of fused-ring (bicyclic) bond motifs is 1. The van der Waals surface area contributed by atoms with E-state index in [0.717, 1.165) is 4.90 Å². The fourth-order valence-corrected chi connectivity index (χ4v) is 3.73. The van der Waals surface area contributed by atoms with Crippen LogP contribution >= 0.6 is 62.5 Å². The number of halogens is 2. The minimum absolute atomic E-state index is 1.02. The molecule has 1 aromatic carbocycles. The summed E-state index contributed by atoms with van der Waals surface area (Å²) in [5.74, 6) is 0. The van der Waals surface area contributed by atoms with Crippen LogP contribution in [0.5, 0.6) is 0 Å². The Bertz CT molecular complexity index is 436. The highest BCUT2D eigenvalue weighted by Gasteiger charge is 2.06. The van der Waals surface area contributed by atoms with Crippen molar-refractivity contribution in [1.29, 1.82) is 0 Å². The zero-order valence-corrected chi connectivity index (χ0v) is 11.3. The summed E-state index contributed by atoms with van der Waals surface area (Å²) in [6.45, 7) is 0. The molecule has 0 aliphatic heterocycles. The third-order valence-corrected chi connectivity index (χ3v) is 5.92. The summed E-state index contributed by atoms with van der Waals surface area (Å²) in [5, 5.41) is 1.29. The van der Waals surface area contributed by atoms with Gasteiger partial charge in [0, 0.05) is 18.6 Å². The average molecular weight is 371 g/mol. The molecular weight excluding hydrogens is 367 g/mol. The number of thiol groups is 1. The smallest absolute Gasteiger partial charge is 0.0844 e. The van der Waals surface area contributed by atoms with Crippen LogP contribution in [0, 0.1) is 3.57 Å². The summed E-state index contributed by atoms with van der Waals surface area (Å²) in [6.07, 6.45) is 0. The fourth-order valence-electron chi connectivity index (χ4n) is 1.03. The van der Waals surface area contributed by atoms with Crippen molar-refractivity contribution in [2.45, 2.75) is 4.90 Å². The van der Waals surface area contributed by atoms with Gasteiger partial charge in [-0.2, -0.15) is 0 Å². The summed E-state index contributed by atoms with van der Waals surface area (Å²) in [7, 11) is 0. The number of thiophene rings is 1. The summed E-state index contributed by atoms with van der Waals surface area (Å²) in [5.41, 5.74) is 0. The second-order valence-corrected chi connectivity index (χ2v) is 6.34. The summed E-state index contributed by atoms with van der Waals surface area (Å²) < 4.78 is 3.80. The molecule has 2 aromatic rings. The Morgan fingerprint density at radius 1 is 1.42 bits per heavy atom. The van der Waals surface area contributed by atoms with Crippen LogP contribution in [0.2, 0.25) is 0 Å². The lowest BCUT2D eigenvalue weighted by Gasteiger charge is -1.91. The normalized spacial score (nSPS) is 10.9. The molecular formula is C8H4BrIS2. The lowest BCUT2D eigenvalue weighted by atomic mass is 10.3. The van der Waals surface area contributed by atoms with E-state index in [1.807, 2.05) is 6.07 Å². The SMILES string of the molecule is Sc1ccc2sc(Br)c(I)c2c1. The zero-order chi connectivity index (χ0) is 8.72. The van der Waals surface area contributed by atoms with Crippen LogP contribution in [0.25, 0.3) is 10.1 Å². The molecule has 0 radical (unpaired) electrons. The second-order valence-electron chi connectivity index (χ2n) is 2.37. The Hall–Kier alpha value is 0.740. The van der Waals surface area contributed by atoms with Crippen molar-refractivity contribution in [3.8, 4) is 0 Å². The molecule has 0 aliphatic rings. The second kappa shape index (κ2) is 3.48. The molecule has 0 atom stereocenters. The maximum absolute atomic E-state index is 4.30. The molecule has 0 aliphatic carbocycles. The largest absolute Gasteiger partial charge is 0.143 e. The van der Waals surface area contributed by atoms with Crippen LogP contribution in [0.3, 0.4) is 0 Å². The first-order valence-corrected chi connectivity index (χ1v) is 6.38. The molecule has 1 aromatic heterocycles. The predicted octanol–water partition coefficient (Wildman–Crippen LogP) is 4.56. The van der Waals surface area contributed by atoms with E-state index in [2.05, 4.69) is 63.3 Å². The van der Waals surface area contributed by atoms with Crippen molar-refractivity contribution in [1.82, 2.24) is 0 Å². The van der Waals surface area contributed by atoms with Gasteiger partial charge in [0.1, 0.15) is 0 Å². The van der Waals surface area contributed by atoms with Gasteiger partial charge in [0.2, 0.25) is 0 Å². The van der Waals surface area contributed by atoms with Crippen molar-refractivity contribution < 1.29 is 0 Å². The highest BCUT2D eigenvalue weighted by Crippen LogP contribution is 2.36. The van der Waals surface area contributed by atoms with Gasteiger partial charge in [0.15, 0.2) is 0 Å². The number of hydrogen-bond donors (Lipinski definition) is 1. The van der Waals surface area contributed by atoms with Crippen molar-refractivity contribution >= 4 is 72.6 Å². The molecule has 4 heteroatoms. The molecule has 0 saturated heterocycles. The quantitative estimate of drug-likeness (QED) is 0.510. The van der Waals surface area contributed by atoms with Crippen LogP contribution in [0.4, 0.5) is 0 Å². The summed E-state index contributed by atoms with van der Waals surface area (Å²) in [6, 6.07) is 6.22. The van der Waals surface area contributed by atoms with E-state index >= 15 is 0 Å². The van der Waals surface area contributed by atoms with Gasteiger partial charge in [-0.1, -0.05) is 0 Å². The van der Waals surface area contributed by atoms with Gasteiger partial charge in [0.05, 0.1) is 3.79 Å². The molecule has 0 bridgehead atoms. The van der Waals surface area contributed by atoms with Gasteiger partial charge in [-0.3, -0.25) is 0 Å². The lowest BCUT2D eigenvalue weighted by Crippen LogP contribution is -1.68. The Morgan fingerprint density at radius 2 is 2.17 bits per heavy atom. The van der Waals surface area contributed by atoms with Crippen LogP contribution in [-0.2, 0) is 0 Å². The van der Waals surface area contributed by atoms with E-state index in [1.54, 1.807) is 11.3 Å². The van der Waals surface area contributed by atoms with E-state index in [-0.39, 0.29) is 0 Å². The maximum Gasteiger partial charge on any atom is 0.0844 e.